The summed E-state index contributed by atoms with van der Waals surface area (Å²) in [7, 11) is 3.22. The second-order valence-corrected chi connectivity index (χ2v) is 7.73. The fourth-order valence-electron chi connectivity index (χ4n) is 3.98. The number of rotatable bonds is 4. The summed E-state index contributed by atoms with van der Waals surface area (Å²) in [6, 6.07) is 10.8. The number of carbonyl (C=O) groups excluding carboxylic acids is 1. The Bertz CT molecular complexity index is 1380. The number of nitrogens with zero attached hydrogens (tertiary/aromatic N) is 5. The molecule has 172 valence electrons. The van der Waals surface area contributed by atoms with Gasteiger partial charge in [0, 0.05) is 31.4 Å². The Morgan fingerprint density at radius 3 is 2.88 bits per heavy atom. The Kier molecular flexibility index (Phi) is 5.21. The van der Waals surface area contributed by atoms with Crippen molar-refractivity contribution < 1.29 is 19.2 Å². The van der Waals surface area contributed by atoms with E-state index in [2.05, 4.69) is 20.4 Å². The average molecular weight is 460 g/mol. The minimum Gasteiger partial charge on any atom is -0.501 e. The summed E-state index contributed by atoms with van der Waals surface area (Å²) in [5.74, 6) is -0.726. The molecule has 1 aliphatic heterocycles. The van der Waals surface area contributed by atoms with E-state index in [1.165, 1.54) is 24.1 Å². The molecule has 3 aromatic heterocycles. The zero-order valence-corrected chi connectivity index (χ0v) is 18.3. The molecule has 4 aromatic rings. The van der Waals surface area contributed by atoms with E-state index in [0.717, 1.165) is 16.8 Å². The average Bonchev–Trinajstić information content (AvgIpc) is 3.29. The molecule has 0 radical (unpaired) electrons. The molecule has 1 amide bonds. The van der Waals surface area contributed by atoms with E-state index >= 15 is 0 Å². The summed E-state index contributed by atoms with van der Waals surface area (Å²) in [6.45, 7) is 0.332. The number of hydrogen-bond donors (Lipinski definition) is 2. The zero-order chi connectivity index (χ0) is 23.8. The van der Waals surface area contributed by atoms with Crippen LogP contribution in [0, 0.1) is 0 Å². The third-order valence-corrected chi connectivity index (χ3v) is 5.63. The summed E-state index contributed by atoms with van der Waals surface area (Å²) < 4.78 is 11.9. The van der Waals surface area contributed by atoms with Crippen molar-refractivity contribution in [3.05, 3.63) is 87.9 Å². The van der Waals surface area contributed by atoms with Gasteiger partial charge in [0.25, 0.3) is 11.5 Å². The fraction of sp³-hybridized carbons (Fsp3) is 0.174. The van der Waals surface area contributed by atoms with Gasteiger partial charge in [0.15, 0.2) is 5.69 Å². The number of amides is 1. The number of nitrogens with one attached hydrogen (secondary N) is 1. The van der Waals surface area contributed by atoms with Gasteiger partial charge >= 0.3 is 0 Å². The Morgan fingerprint density at radius 2 is 2.09 bits per heavy atom. The molecule has 0 saturated heterocycles. The Balaban J connectivity index is 1.64. The molecule has 5 rings (SSSR count). The number of benzene rings is 1. The molecule has 11 heteroatoms. The van der Waals surface area contributed by atoms with E-state index in [1.54, 1.807) is 18.1 Å². The molecular weight excluding hydrogens is 440 g/mol. The van der Waals surface area contributed by atoms with Gasteiger partial charge in [-0.1, -0.05) is 29.4 Å². The second-order valence-electron chi connectivity index (χ2n) is 7.73. The second kappa shape index (κ2) is 8.35. The summed E-state index contributed by atoms with van der Waals surface area (Å²) in [5.41, 5.74) is 1.49. The third-order valence-electron chi connectivity index (χ3n) is 5.63. The van der Waals surface area contributed by atoms with Gasteiger partial charge in [-0.05, 0) is 12.1 Å². The molecule has 0 aliphatic carbocycles. The van der Waals surface area contributed by atoms with Crippen LogP contribution in [-0.2, 0) is 13.7 Å². The Labute approximate surface area is 193 Å². The van der Waals surface area contributed by atoms with Crippen LogP contribution in [0.15, 0.2) is 64.4 Å². The molecule has 1 aliphatic rings. The number of aromatic nitrogens is 4. The number of hydrogen-bond acceptors (Lipinski definition) is 9. The van der Waals surface area contributed by atoms with Crippen molar-refractivity contribution in [2.45, 2.75) is 12.6 Å². The number of fused-ring (bicyclic) bond motifs is 2. The SMILES string of the molecule is CN(c1nc(C(=O)Nc2cnoc2)c(O)c(=O)n1C)C1c2ccccc2OCc2cccnc21. The smallest absolute Gasteiger partial charge is 0.297 e. The van der Waals surface area contributed by atoms with Crippen molar-refractivity contribution in [2.24, 2.45) is 7.05 Å². The van der Waals surface area contributed by atoms with Crippen LogP contribution in [0.1, 0.15) is 33.4 Å². The number of anilines is 2. The first-order chi connectivity index (χ1) is 16.5. The quantitative estimate of drug-likeness (QED) is 0.470. The maximum Gasteiger partial charge on any atom is 0.297 e. The van der Waals surface area contributed by atoms with E-state index in [4.69, 9.17) is 9.26 Å². The molecule has 1 unspecified atom stereocenters. The Morgan fingerprint density at radius 1 is 1.26 bits per heavy atom. The van der Waals surface area contributed by atoms with Gasteiger partial charge in [0.05, 0.1) is 11.9 Å². The van der Waals surface area contributed by atoms with Gasteiger partial charge in [-0.3, -0.25) is 19.1 Å². The maximum absolute atomic E-state index is 12.9. The number of pyridine rings is 1. The van der Waals surface area contributed by atoms with Crippen molar-refractivity contribution >= 4 is 17.5 Å². The van der Waals surface area contributed by atoms with Gasteiger partial charge in [-0.2, -0.15) is 0 Å². The zero-order valence-electron chi connectivity index (χ0n) is 18.3. The molecule has 34 heavy (non-hydrogen) atoms. The highest BCUT2D eigenvalue weighted by atomic mass is 16.5. The highest BCUT2D eigenvalue weighted by Gasteiger charge is 2.32. The van der Waals surface area contributed by atoms with Crippen LogP contribution in [-0.4, -0.2) is 37.8 Å². The van der Waals surface area contributed by atoms with E-state index < -0.39 is 29.0 Å². The number of ether oxygens (including phenoxy) is 1. The van der Waals surface area contributed by atoms with Crippen LogP contribution in [0.5, 0.6) is 11.5 Å². The van der Waals surface area contributed by atoms with Gasteiger partial charge in [-0.25, -0.2) is 4.98 Å². The van der Waals surface area contributed by atoms with Crippen molar-refractivity contribution in [1.82, 2.24) is 19.7 Å². The van der Waals surface area contributed by atoms with Gasteiger partial charge in [0.2, 0.25) is 11.7 Å². The van der Waals surface area contributed by atoms with Crippen LogP contribution in [0.25, 0.3) is 0 Å². The first-order valence-corrected chi connectivity index (χ1v) is 10.3. The molecule has 0 bridgehead atoms. The molecule has 1 aromatic carbocycles. The highest BCUT2D eigenvalue weighted by Crippen LogP contribution is 2.39. The number of para-hydroxylation sites is 1. The lowest BCUT2D eigenvalue weighted by Crippen LogP contribution is -2.34. The molecule has 2 N–H and O–H groups in total. The molecule has 0 saturated carbocycles. The first-order valence-electron chi connectivity index (χ1n) is 10.3. The standard InChI is InChI=1S/C23H20N6O5/c1-28(19-15-7-3-4-8-16(15)33-11-13-6-5-9-24-17(13)19)23-27-18(20(30)22(32)29(23)2)21(31)26-14-10-25-34-12-14/h3-10,12,19,30H,11H2,1-2H3,(H,26,31). The number of aromatic hydroxyl groups is 1. The van der Waals surface area contributed by atoms with Gasteiger partial charge in [0.1, 0.15) is 30.3 Å². The predicted molar refractivity (Wildman–Crippen MR) is 121 cm³/mol. The van der Waals surface area contributed by atoms with Crippen molar-refractivity contribution in [3.63, 3.8) is 0 Å². The Hall–Kier alpha value is -4.67. The molecule has 1 atom stereocenters. The van der Waals surface area contributed by atoms with E-state index in [9.17, 15) is 14.7 Å². The fourth-order valence-corrected chi connectivity index (χ4v) is 3.98. The third kappa shape index (κ3) is 3.52. The van der Waals surface area contributed by atoms with Crippen molar-refractivity contribution in [1.29, 1.82) is 0 Å². The monoisotopic (exact) mass is 460 g/mol. The van der Waals surface area contributed by atoms with Crippen LogP contribution in [0.3, 0.4) is 0 Å². The minimum atomic E-state index is -0.781. The van der Waals surface area contributed by atoms with Crippen LogP contribution >= 0.6 is 0 Å². The first kappa shape index (κ1) is 21.2. The topological polar surface area (TPSA) is 136 Å². The van der Waals surface area contributed by atoms with Crippen LogP contribution in [0.4, 0.5) is 11.6 Å². The van der Waals surface area contributed by atoms with Crippen LogP contribution < -0.4 is 20.5 Å². The lowest BCUT2D eigenvalue weighted by Gasteiger charge is -2.30. The molecule has 11 nitrogen and oxygen atoms in total. The molecular formula is C23H20N6O5. The largest absolute Gasteiger partial charge is 0.501 e. The van der Waals surface area contributed by atoms with Crippen molar-refractivity contribution in [2.75, 3.05) is 17.3 Å². The predicted octanol–water partition coefficient (Wildman–Crippen LogP) is 2.24. The van der Waals surface area contributed by atoms with E-state index in [0.29, 0.717) is 12.4 Å². The summed E-state index contributed by atoms with van der Waals surface area (Å²) in [6.07, 6.45) is 4.19. The summed E-state index contributed by atoms with van der Waals surface area (Å²) in [5, 5.41) is 16.4. The maximum atomic E-state index is 12.9. The lowest BCUT2D eigenvalue weighted by atomic mass is 9.98. The summed E-state index contributed by atoms with van der Waals surface area (Å²) in [4.78, 5) is 36.4. The van der Waals surface area contributed by atoms with Gasteiger partial charge < -0.3 is 24.6 Å². The van der Waals surface area contributed by atoms with E-state index in [-0.39, 0.29) is 11.6 Å². The molecule has 0 fully saturated rings. The van der Waals surface area contributed by atoms with E-state index in [1.807, 2.05) is 36.4 Å². The van der Waals surface area contributed by atoms with Crippen LogP contribution in [0.2, 0.25) is 0 Å². The molecule has 0 spiro atoms. The molecule has 4 heterocycles. The minimum absolute atomic E-state index is 0.150. The lowest BCUT2D eigenvalue weighted by molar-refractivity contribution is 0.101. The van der Waals surface area contributed by atoms with Gasteiger partial charge in [-0.15, -0.1) is 0 Å². The normalized spacial score (nSPS) is 14.4. The number of carbonyl (C=O) groups is 1. The van der Waals surface area contributed by atoms with Crippen molar-refractivity contribution in [3.8, 4) is 11.5 Å². The summed E-state index contributed by atoms with van der Waals surface area (Å²) >= 11 is 0. The highest BCUT2D eigenvalue weighted by molar-refractivity contribution is 6.04.